The maximum absolute atomic E-state index is 12.6. The molecule has 0 atom stereocenters. The van der Waals surface area contributed by atoms with Gasteiger partial charge >= 0.3 is 0 Å². The van der Waals surface area contributed by atoms with E-state index in [0.717, 1.165) is 35.1 Å². The standard InChI is InChI=1S/C22H24N4O2/c1-15-11-16(2)20-18(12-15)13-19(21(27)24-20)14-25-7-9-26(10-8-25)22(28)17-3-5-23-6-4-17/h3-6,11-13H,7-10,14H2,1-2H3,(H,24,27). The van der Waals surface area contributed by atoms with Crippen molar-refractivity contribution in [3.8, 4) is 0 Å². The van der Waals surface area contributed by atoms with Crippen molar-refractivity contribution in [3.05, 3.63) is 75.3 Å². The van der Waals surface area contributed by atoms with Gasteiger partial charge in [0.1, 0.15) is 0 Å². The lowest BCUT2D eigenvalue weighted by atomic mass is 10.0. The molecule has 6 nitrogen and oxygen atoms in total. The summed E-state index contributed by atoms with van der Waals surface area (Å²) in [5.74, 6) is 0.0385. The average molecular weight is 376 g/mol. The molecule has 0 aliphatic carbocycles. The molecular formula is C22H24N4O2. The summed E-state index contributed by atoms with van der Waals surface area (Å²) < 4.78 is 0. The Kier molecular flexibility index (Phi) is 4.96. The van der Waals surface area contributed by atoms with Gasteiger partial charge in [-0.15, -0.1) is 0 Å². The Hall–Kier alpha value is -2.99. The van der Waals surface area contributed by atoms with Crippen LogP contribution >= 0.6 is 0 Å². The highest BCUT2D eigenvalue weighted by atomic mass is 16.2. The van der Waals surface area contributed by atoms with Crippen LogP contribution in [-0.2, 0) is 6.54 Å². The number of aromatic nitrogens is 2. The van der Waals surface area contributed by atoms with Crippen molar-refractivity contribution in [1.82, 2.24) is 19.8 Å². The molecule has 3 aromatic rings. The summed E-state index contributed by atoms with van der Waals surface area (Å²) in [6.45, 7) is 7.49. The summed E-state index contributed by atoms with van der Waals surface area (Å²) in [5, 5.41) is 1.07. The van der Waals surface area contributed by atoms with Gasteiger partial charge in [-0.2, -0.15) is 0 Å². The summed E-state index contributed by atoms with van der Waals surface area (Å²) in [6.07, 6.45) is 3.28. The van der Waals surface area contributed by atoms with Crippen LogP contribution in [0.1, 0.15) is 27.0 Å². The third kappa shape index (κ3) is 3.68. The molecule has 0 saturated carbocycles. The van der Waals surface area contributed by atoms with Gasteiger partial charge in [-0.05, 0) is 49.1 Å². The van der Waals surface area contributed by atoms with Crippen molar-refractivity contribution in [3.63, 3.8) is 0 Å². The van der Waals surface area contributed by atoms with Crippen molar-refractivity contribution < 1.29 is 4.79 Å². The summed E-state index contributed by atoms with van der Waals surface area (Å²) >= 11 is 0. The van der Waals surface area contributed by atoms with Gasteiger partial charge in [0.15, 0.2) is 0 Å². The molecule has 0 unspecified atom stereocenters. The summed E-state index contributed by atoms with van der Waals surface area (Å²) in [7, 11) is 0. The number of benzene rings is 1. The fraction of sp³-hybridized carbons (Fsp3) is 0.318. The number of hydrogen-bond donors (Lipinski definition) is 1. The Labute approximate surface area is 163 Å². The Bertz CT molecular complexity index is 1070. The molecule has 144 valence electrons. The monoisotopic (exact) mass is 376 g/mol. The van der Waals surface area contributed by atoms with E-state index in [-0.39, 0.29) is 11.5 Å². The lowest BCUT2D eigenvalue weighted by molar-refractivity contribution is 0.0628. The Balaban J connectivity index is 1.46. The molecule has 1 saturated heterocycles. The molecule has 1 N–H and O–H groups in total. The quantitative estimate of drug-likeness (QED) is 0.763. The van der Waals surface area contributed by atoms with Crippen molar-refractivity contribution in [1.29, 1.82) is 0 Å². The number of piperazine rings is 1. The fourth-order valence-electron chi connectivity index (χ4n) is 3.88. The van der Waals surface area contributed by atoms with Crippen LogP contribution in [0.2, 0.25) is 0 Å². The zero-order valence-corrected chi connectivity index (χ0v) is 16.2. The van der Waals surface area contributed by atoms with Crippen LogP contribution < -0.4 is 5.56 Å². The van der Waals surface area contributed by atoms with Gasteiger partial charge in [-0.1, -0.05) is 11.6 Å². The van der Waals surface area contributed by atoms with Crippen molar-refractivity contribution in [2.75, 3.05) is 26.2 Å². The first-order chi connectivity index (χ1) is 13.5. The Morgan fingerprint density at radius 3 is 2.50 bits per heavy atom. The number of hydrogen-bond acceptors (Lipinski definition) is 4. The van der Waals surface area contributed by atoms with Gasteiger partial charge in [0.2, 0.25) is 0 Å². The average Bonchev–Trinajstić information content (AvgIpc) is 2.70. The SMILES string of the molecule is Cc1cc(C)c2[nH]c(=O)c(CN3CCN(C(=O)c4ccncc4)CC3)cc2c1. The van der Waals surface area contributed by atoms with E-state index in [9.17, 15) is 9.59 Å². The largest absolute Gasteiger partial charge is 0.336 e. The predicted octanol–water partition coefficient (Wildman–Crippen LogP) is 2.50. The number of aromatic amines is 1. The molecule has 1 aliphatic rings. The first-order valence-corrected chi connectivity index (χ1v) is 9.56. The van der Waals surface area contributed by atoms with E-state index in [1.165, 1.54) is 5.56 Å². The number of pyridine rings is 2. The highest BCUT2D eigenvalue weighted by Gasteiger charge is 2.22. The summed E-state index contributed by atoms with van der Waals surface area (Å²) in [5.41, 5.74) is 4.58. The number of carbonyl (C=O) groups is 1. The summed E-state index contributed by atoms with van der Waals surface area (Å²) in [4.78, 5) is 36.2. The zero-order valence-electron chi connectivity index (χ0n) is 16.2. The first kappa shape index (κ1) is 18.4. The highest BCUT2D eigenvalue weighted by molar-refractivity contribution is 5.94. The van der Waals surface area contributed by atoms with Gasteiger partial charge in [0.25, 0.3) is 11.5 Å². The topological polar surface area (TPSA) is 69.3 Å². The molecule has 1 aliphatic heterocycles. The van der Waals surface area contributed by atoms with Crippen LogP contribution in [0.4, 0.5) is 0 Å². The van der Waals surface area contributed by atoms with Crippen LogP contribution in [0.5, 0.6) is 0 Å². The van der Waals surface area contributed by atoms with Crippen LogP contribution in [0.3, 0.4) is 0 Å². The number of H-pyrrole nitrogens is 1. The molecule has 1 fully saturated rings. The van der Waals surface area contributed by atoms with E-state index in [2.05, 4.69) is 33.9 Å². The van der Waals surface area contributed by atoms with E-state index in [1.54, 1.807) is 24.5 Å². The smallest absolute Gasteiger partial charge is 0.254 e. The van der Waals surface area contributed by atoms with E-state index in [4.69, 9.17) is 0 Å². The number of aryl methyl sites for hydroxylation is 2. The molecule has 1 amide bonds. The lowest BCUT2D eigenvalue weighted by Gasteiger charge is -2.34. The molecule has 6 heteroatoms. The third-order valence-corrected chi connectivity index (χ3v) is 5.35. The number of fused-ring (bicyclic) bond motifs is 1. The minimum Gasteiger partial charge on any atom is -0.336 e. The second kappa shape index (κ2) is 7.56. The molecule has 2 aromatic heterocycles. The van der Waals surface area contributed by atoms with Crippen LogP contribution in [0.25, 0.3) is 10.9 Å². The lowest BCUT2D eigenvalue weighted by Crippen LogP contribution is -2.48. The minimum atomic E-state index is -0.0326. The van der Waals surface area contributed by atoms with Crippen LogP contribution in [-0.4, -0.2) is 51.9 Å². The molecule has 3 heterocycles. The van der Waals surface area contributed by atoms with Crippen molar-refractivity contribution in [2.24, 2.45) is 0 Å². The summed E-state index contributed by atoms with van der Waals surface area (Å²) in [6, 6.07) is 9.67. The second-order valence-corrected chi connectivity index (χ2v) is 7.47. The van der Waals surface area contributed by atoms with Gasteiger partial charge in [0, 0.05) is 56.2 Å². The van der Waals surface area contributed by atoms with E-state index < -0.39 is 0 Å². The first-order valence-electron chi connectivity index (χ1n) is 9.56. The van der Waals surface area contributed by atoms with E-state index >= 15 is 0 Å². The normalized spacial score (nSPS) is 15.1. The second-order valence-electron chi connectivity index (χ2n) is 7.47. The molecule has 1 aromatic carbocycles. The number of carbonyl (C=O) groups excluding carboxylic acids is 1. The zero-order chi connectivity index (χ0) is 19.7. The number of rotatable bonds is 3. The van der Waals surface area contributed by atoms with E-state index in [1.807, 2.05) is 17.9 Å². The van der Waals surface area contributed by atoms with Gasteiger partial charge < -0.3 is 9.88 Å². The Morgan fingerprint density at radius 2 is 1.79 bits per heavy atom. The van der Waals surface area contributed by atoms with Gasteiger partial charge in [-0.25, -0.2) is 0 Å². The molecule has 0 bridgehead atoms. The Morgan fingerprint density at radius 1 is 1.07 bits per heavy atom. The van der Waals surface area contributed by atoms with Gasteiger partial charge in [-0.3, -0.25) is 19.5 Å². The molecular weight excluding hydrogens is 352 g/mol. The maximum Gasteiger partial charge on any atom is 0.254 e. The predicted molar refractivity (Wildman–Crippen MR) is 109 cm³/mol. The van der Waals surface area contributed by atoms with E-state index in [0.29, 0.717) is 25.2 Å². The number of amides is 1. The fourth-order valence-corrected chi connectivity index (χ4v) is 3.88. The molecule has 0 spiro atoms. The maximum atomic E-state index is 12.6. The minimum absolute atomic E-state index is 0.0326. The highest BCUT2D eigenvalue weighted by Crippen LogP contribution is 2.19. The van der Waals surface area contributed by atoms with Crippen LogP contribution in [0.15, 0.2) is 47.5 Å². The third-order valence-electron chi connectivity index (χ3n) is 5.35. The van der Waals surface area contributed by atoms with Crippen molar-refractivity contribution >= 4 is 16.8 Å². The van der Waals surface area contributed by atoms with Gasteiger partial charge in [0.05, 0.1) is 5.52 Å². The van der Waals surface area contributed by atoms with Crippen LogP contribution in [0, 0.1) is 13.8 Å². The molecule has 0 radical (unpaired) electrons. The van der Waals surface area contributed by atoms with Crippen molar-refractivity contribution in [2.45, 2.75) is 20.4 Å². The molecule has 28 heavy (non-hydrogen) atoms. The number of nitrogens with one attached hydrogen (secondary N) is 1. The number of nitrogens with zero attached hydrogens (tertiary/aromatic N) is 3. The molecule has 4 rings (SSSR count).